The minimum absolute atomic E-state index is 0. The average molecular weight is 456 g/mol. The van der Waals surface area contributed by atoms with E-state index in [2.05, 4.69) is 13.8 Å². The van der Waals surface area contributed by atoms with Crippen LogP contribution in [0.2, 0.25) is 0 Å². The van der Waals surface area contributed by atoms with Gasteiger partial charge in [0.05, 0.1) is 6.10 Å². The highest BCUT2D eigenvalue weighted by atomic mass is 35.5. The lowest BCUT2D eigenvalue weighted by molar-refractivity contribution is -0.137. The van der Waals surface area contributed by atoms with E-state index in [9.17, 15) is 14.7 Å². The number of aliphatic hydroxyl groups excluding tert-OH is 1. The van der Waals surface area contributed by atoms with E-state index in [0.717, 1.165) is 50.5 Å². The molecule has 6 atom stereocenters. The van der Waals surface area contributed by atoms with Gasteiger partial charge in [0.25, 0.3) is 0 Å². The van der Waals surface area contributed by atoms with Crippen LogP contribution in [0.15, 0.2) is 11.6 Å². The summed E-state index contributed by atoms with van der Waals surface area (Å²) in [6.45, 7) is 5.62. The van der Waals surface area contributed by atoms with Crippen LogP contribution in [0.4, 0.5) is 0 Å². The molecule has 4 aliphatic rings. The van der Waals surface area contributed by atoms with Crippen LogP contribution in [-0.4, -0.2) is 53.6 Å². The number of nitrogens with zero attached hydrogens (tertiary/aromatic N) is 1. The minimum Gasteiger partial charge on any atom is -0.481 e. The van der Waals surface area contributed by atoms with Gasteiger partial charge in [-0.3, -0.25) is 9.59 Å². The van der Waals surface area contributed by atoms with Crippen molar-refractivity contribution in [3.8, 4) is 0 Å². The molecule has 0 aliphatic heterocycles. The first-order valence-electron chi connectivity index (χ1n) is 11.9. The SMILES string of the molecule is CN(C)CCCC(=O)O.C[C@]12CC[C@H]3[C@@H](CCC4=CC(=O)CC[C@@]43C)[C@@H]1CC[C@@H]2O.Cl. The summed E-state index contributed by atoms with van der Waals surface area (Å²) >= 11 is 0. The predicted octanol–water partition coefficient (Wildman–Crippen LogP) is 4.71. The zero-order valence-electron chi connectivity index (χ0n) is 19.7. The number of halogens is 1. The standard InChI is InChI=1S/C19H28O2.C6H13NO2.ClH/c1-18-9-7-13(20)11-12(18)3-4-14-15-5-6-17(21)19(15,2)10-8-16(14)18;1-7(2)5-3-4-6(8)9;/h11,14-17,21H,3-10H2,1-2H3;3-5H2,1-2H3,(H,8,9);1H/t14-,15-,16-,17-,18-,19-;;/m0../s1. The molecule has 5 nitrogen and oxygen atoms in total. The number of carbonyl (C=O) groups is 2. The molecule has 0 saturated heterocycles. The monoisotopic (exact) mass is 455 g/mol. The van der Waals surface area contributed by atoms with E-state index in [4.69, 9.17) is 5.11 Å². The molecule has 6 heteroatoms. The largest absolute Gasteiger partial charge is 0.481 e. The summed E-state index contributed by atoms with van der Waals surface area (Å²) in [5.74, 6) is 1.86. The van der Waals surface area contributed by atoms with Gasteiger partial charge in [0.2, 0.25) is 0 Å². The van der Waals surface area contributed by atoms with Crippen LogP contribution < -0.4 is 0 Å². The van der Waals surface area contributed by atoms with Gasteiger partial charge in [-0.2, -0.15) is 0 Å². The molecule has 0 bridgehead atoms. The van der Waals surface area contributed by atoms with Gasteiger partial charge in [-0.1, -0.05) is 19.4 Å². The first-order chi connectivity index (χ1) is 14.1. The van der Waals surface area contributed by atoms with E-state index in [-0.39, 0.29) is 35.8 Å². The Labute approximate surface area is 194 Å². The Hall–Kier alpha value is -0.910. The number of carboxylic acids is 1. The Kier molecular flexibility index (Phi) is 8.80. The Morgan fingerprint density at radius 1 is 1.10 bits per heavy atom. The van der Waals surface area contributed by atoms with Crippen molar-refractivity contribution in [3.63, 3.8) is 0 Å². The lowest BCUT2D eigenvalue weighted by Crippen LogP contribution is -2.51. The summed E-state index contributed by atoms with van der Waals surface area (Å²) in [6, 6.07) is 0. The third-order valence-electron chi connectivity index (χ3n) is 8.91. The molecule has 4 rings (SSSR count). The highest BCUT2D eigenvalue weighted by Gasteiger charge is 2.58. The van der Waals surface area contributed by atoms with E-state index in [0.29, 0.717) is 11.7 Å². The Balaban J connectivity index is 0.000000295. The second-order valence-corrected chi connectivity index (χ2v) is 10.9. The number of carbonyl (C=O) groups excluding carboxylic acids is 1. The normalized spacial score (nSPS) is 38.6. The molecular formula is C25H42ClNO4. The fourth-order valence-corrected chi connectivity index (χ4v) is 7.08. The molecule has 178 valence electrons. The van der Waals surface area contributed by atoms with Crippen molar-refractivity contribution in [2.24, 2.45) is 28.6 Å². The quantitative estimate of drug-likeness (QED) is 0.641. The van der Waals surface area contributed by atoms with E-state index in [1.807, 2.05) is 25.1 Å². The van der Waals surface area contributed by atoms with Gasteiger partial charge in [0, 0.05) is 12.8 Å². The van der Waals surface area contributed by atoms with Gasteiger partial charge < -0.3 is 15.1 Å². The smallest absolute Gasteiger partial charge is 0.303 e. The molecule has 0 aromatic rings. The molecule has 0 amide bonds. The van der Waals surface area contributed by atoms with Crippen LogP contribution in [-0.2, 0) is 9.59 Å². The molecule has 2 N–H and O–H groups in total. The van der Waals surface area contributed by atoms with Crippen molar-refractivity contribution in [2.45, 2.75) is 84.2 Å². The fourth-order valence-electron chi connectivity index (χ4n) is 7.08. The van der Waals surface area contributed by atoms with Crippen LogP contribution in [0.5, 0.6) is 0 Å². The van der Waals surface area contributed by atoms with Gasteiger partial charge >= 0.3 is 5.97 Å². The molecule has 4 aliphatic carbocycles. The van der Waals surface area contributed by atoms with Crippen molar-refractivity contribution in [1.29, 1.82) is 0 Å². The Morgan fingerprint density at radius 3 is 2.45 bits per heavy atom. The number of aliphatic hydroxyl groups is 1. The van der Waals surface area contributed by atoms with Crippen molar-refractivity contribution < 1.29 is 19.8 Å². The van der Waals surface area contributed by atoms with E-state index in [1.165, 1.54) is 31.3 Å². The molecule has 0 heterocycles. The zero-order valence-corrected chi connectivity index (χ0v) is 20.5. The second kappa shape index (κ2) is 10.4. The number of rotatable bonds is 4. The van der Waals surface area contributed by atoms with Gasteiger partial charge in [-0.25, -0.2) is 0 Å². The molecule has 0 radical (unpaired) electrons. The molecule has 0 unspecified atom stereocenters. The Morgan fingerprint density at radius 2 is 1.81 bits per heavy atom. The van der Waals surface area contributed by atoms with Crippen molar-refractivity contribution >= 4 is 24.2 Å². The summed E-state index contributed by atoms with van der Waals surface area (Å²) in [6.07, 6.45) is 11.7. The number of aliphatic carboxylic acids is 1. The summed E-state index contributed by atoms with van der Waals surface area (Å²) < 4.78 is 0. The van der Waals surface area contributed by atoms with Gasteiger partial charge in [0.1, 0.15) is 0 Å². The summed E-state index contributed by atoms with van der Waals surface area (Å²) in [5.41, 5.74) is 1.89. The first kappa shape index (κ1) is 26.3. The van der Waals surface area contributed by atoms with Gasteiger partial charge in [-0.05, 0) is 107 Å². The van der Waals surface area contributed by atoms with Gasteiger partial charge in [0.15, 0.2) is 5.78 Å². The van der Waals surface area contributed by atoms with Crippen LogP contribution in [0.1, 0.15) is 78.1 Å². The molecule has 3 saturated carbocycles. The number of hydrogen-bond donors (Lipinski definition) is 2. The highest BCUT2D eigenvalue weighted by Crippen LogP contribution is 2.65. The third kappa shape index (κ3) is 5.36. The Bertz CT molecular complexity index is 693. The minimum atomic E-state index is -0.711. The number of carboxylic acid groups (broad SMARTS) is 1. The molecule has 0 aromatic heterocycles. The summed E-state index contributed by atoms with van der Waals surface area (Å²) in [5, 5.41) is 18.7. The summed E-state index contributed by atoms with van der Waals surface area (Å²) in [7, 11) is 3.86. The highest BCUT2D eigenvalue weighted by molar-refractivity contribution is 5.91. The van der Waals surface area contributed by atoms with Gasteiger partial charge in [-0.15, -0.1) is 12.4 Å². The van der Waals surface area contributed by atoms with Crippen LogP contribution in [0.25, 0.3) is 0 Å². The first-order valence-corrected chi connectivity index (χ1v) is 11.9. The van der Waals surface area contributed by atoms with Crippen molar-refractivity contribution in [2.75, 3.05) is 20.6 Å². The molecule has 31 heavy (non-hydrogen) atoms. The topological polar surface area (TPSA) is 77.8 Å². The third-order valence-corrected chi connectivity index (χ3v) is 8.91. The molecule has 0 aromatic carbocycles. The van der Waals surface area contributed by atoms with Crippen LogP contribution in [0, 0.1) is 28.6 Å². The van der Waals surface area contributed by atoms with Crippen molar-refractivity contribution in [1.82, 2.24) is 4.90 Å². The lowest BCUT2D eigenvalue weighted by atomic mass is 9.47. The maximum atomic E-state index is 11.8. The molecule has 0 spiro atoms. The molecular weight excluding hydrogens is 414 g/mol. The lowest BCUT2D eigenvalue weighted by Gasteiger charge is -2.57. The van der Waals surface area contributed by atoms with E-state index < -0.39 is 5.97 Å². The zero-order chi connectivity index (χ0) is 22.1. The number of ketones is 1. The van der Waals surface area contributed by atoms with Crippen LogP contribution >= 0.6 is 12.4 Å². The number of hydrogen-bond acceptors (Lipinski definition) is 4. The van der Waals surface area contributed by atoms with E-state index >= 15 is 0 Å². The average Bonchev–Trinajstić information content (AvgIpc) is 2.97. The number of allylic oxidation sites excluding steroid dienone is 1. The fraction of sp³-hybridized carbons (Fsp3) is 0.840. The van der Waals surface area contributed by atoms with Crippen LogP contribution in [0.3, 0.4) is 0 Å². The molecule has 3 fully saturated rings. The second-order valence-electron chi connectivity index (χ2n) is 10.9. The number of fused-ring (bicyclic) bond motifs is 5. The maximum absolute atomic E-state index is 11.8. The summed E-state index contributed by atoms with van der Waals surface area (Å²) in [4.78, 5) is 23.7. The predicted molar refractivity (Wildman–Crippen MR) is 125 cm³/mol. The maximum Gasteiger partial charge on any atom is 0.303 e. The van der Waals surface area contributed by atoms with E-state index in [1.54, 1.807) is 0 Å². The van der Waals surface area contributed by atoms with Crippen molar-refractivity contribution in [3.05, 3.63) is 11.6 Å².